The Hall–Kier alpha value is -3.45. The van der Waals surface area contributed by atoms with E-state index in [0.717, 1.165) is 55.7 Å². The number of rotatable bonds is 4. The fourth-order valence-electron chi connectivity index (χ4n) is 4.86. The van der Waals surface area contributed by atoms with E-state index < -0.39 is 0 Å². The van der Waals surface area contributed by atoms with Gasteiger partial charge < -0.3 is 15.1 Å². The number of anilines is 3. The van der Waals surface area contributed by atoms with Crippen LogP contribution in [0.3, 0.4) is 0 Å². The van der Waals surface area contributed by atoms with Crippen LogP contribution in [0.4, 0.5) is 17.3 Å². The largest absolute Gasteiger partial charge is 0.369 e. The lowest BCUT2D eigenvalue weighted by molar-refractivity contribution is 0.313. The van der Waals surface area contributed by atoms with Gasteiger partial charge in [0.15, 0.2) is 5.65 Å². The molecule has 1 saturated heterocycles. The molecule has 3 heterocycles. The molecule has 1 atom stereocenters. The van der Waals surface area contributed by atoms with Crippen molar-refractivity contribution in [1.82, 2.24) is 24.6 Å². The van der Waals surface area contributed by atoms with Crippen LogP contribution < -0.4 is 10.2 Å². The maximum Gasteiger partial charge on any atom is 0.229 e. The number of piperazine rings is 1. The van der Waals surface area contributed by atoms with Crippen molar-refractivity contribution in [3.05, 3.63) is 72.1 Å². The molecule has 1 aliphatic heterocycles. The molecule has 0 saturated carbocycles. The van der Waals surface area contributed by atoms with Crippen LogP contribution >= 0.6 is 0 Å². The second-order valence-electron chi connectivity index (χ2n) is 8.78. The fraction of sp³-hybridized carbons (Fsp3) is 0.320. The van der Waals surface area contributed by atoms with Gasteiger partial charge in [0.1, 0.15) is 0 Å². The van der Waals surface area contributed by atoms with E-state index in [1.54, 1.807) is 0 Å². The van der Waals surface area contributed by atoms with Crippen molar-refractivity contribution >= 4 is 28.4 Å². The van der Waals surface area contributed by atoms with E-state index in [-0.39, 0.29) is 6.04 Å². The summed E-state index contributed by atoms with van der Waals surface area (Å²) in [4.78, 5) is 14.2. The van der Waals surface area contributed by atoms with Crippen LogP contribution in [0.15, 0.2) is 60.9 Å². The maximum atomic E-state index is 4.83. The highest BCUT2D eigenvalue weighted by molar-refractivity contribution is 5.75. The second kappa shape index (κ2) is 7.91. The summed E-state index contributed by atoms with van der Waals surface area (Å²) in [5.74, 6) is 0.595. The Balaban J connectivity index is 1.23. The molecule has 2 aromatic carbocycles. The monoisotopic (exact) mass is 425 g/mol. The van der Waals surface area contributed by atoms with E-state index in [0.29, 0.717) is 5.95 Å². The van der Waals surface area contributed by atoms with Gasteiger partial charge in [0.05, 0.1) is 17.6 Å². The number of hydrogen-bond donors (Lipinski definition) is 1. The van der Waals surface area contributed by atoms with Gasteiger partial charge in [-0.15, -0.1) is 0 Å². The minimum atomic E-state index is 0.231. The molecule has 7 nitrogen and oxygen atoms in total. The number of aromatic nitrogens is 4. The summed E-state index contributed by atoms with van der Waals surface area (Å²) < 4.78 is 2.06. The molecule has 32 heavy (non-hydrogen) atoms. The molecule has 6 rings (SSSR count). The minimum Gasteiger partial charge on any atom is -0.369 e. The lowest BCUT2D eigenvalue weighted by Gasteiger charge is -2.34. The number of likely N-dealkylation sites (N-methyl/N-ethyl adjacent to an activating group) is 1. The predicted molar refractivity (Wildman–Crippen MR) is 128 cm³/mol. The lowest BCUT2D eigenvalue weighted by atomic mass is 10.1. The zero-order valence-electron chi connectivity index (χ0n) is 18.3. The van der Waals surface area contributed by atoms with Gasteiger partial charge in [-0.25, -0.2) is 9.67 Å². The third-order valence-corrected chi connectivity index (χ3v) is 6.72. The maximum absolute atomic E-state index is 4.83. The van der Waals surface area contributed by atoms with Crippen LogP contribution in [0.25, 0.3) is 11.0 Å². The van der Waals surface area contributed by atoms with Crippen molar-refractivity contribution in [3.8, 4) is 0 Å². The summed E-state index contributed by atoms with van der Waals surface area (Å²) in [7, 11) is 2.18. The molecule has 2 aliphatic rings. The topological polar surface area (TPSA) is 62.1 Å². The average molecular weight is 426 g/mol. The minimum absolute atomic E-state index is 0.231. The molecule has 0 radical (unpaired) electrons. The first-order chi connectivity index (χ1) is 15.7. The van der Waals surface area contributed by atoms with Crippen LogP contribution in [0.5, 0.6) is 0 Å². The normalized spacial score (nSPS) is 18.8. The van der Waals surface area contributed by atoms with Gasteiger partial charge in [0, 0.05) is 43.8 Å². The molecule has 162 valence electrons. The molecular formula is C25H27N7. The zero-order valence-corrected chi connectivity index (χ0v) is 18.3. The number of aryl methyl sites for hydroxylation is 1. The van der Waals surface area contributed by atoms with E-state index in [1.165, 1.54) is 16.8 Å². The standard InChI is InChI=1S/C25H27N7/c1-30-12-14-31(15-13-30)21-9-7-20(8-10-21)28-25-26-16-19-17-27-32(24(19)29-25)23-11-6-18-4-2-3-5-22(18)23/h2-5,7-10,16-17,23H,6,11-15H2,1H3,(H,26,28,29)/t23-/m0/s1. The van der Waals surface area contributed by atoms with Crippen molar-refractivity contribution in [3.63, 3.8) is 0 Å². The highest BCUT2D eigenvalue weighted by atomic mass is 15.3. The summed E-state index contributed by atoms with van der Waals surface area (Å²) in [5, 5.41) is 9.00. The van der Waals surface area contributed by atoms with Crippen molar-refractivity contribution in [2.24, 2.45) is 0 Å². The third-order valence-electron chi connectivity index (χ3n) is 6.72. The van der Waals surface area contributed by atoms with E-state index in [4.69, 9.17) is 4.98 Å². The summed E-state index contributed by atoms with van der Waals surface area (Å²) in [5.41, 5.74) is 5.88. The summed E-state index contributed by atoms with van der Waals surface area (Å²) in [6, 6.07) is 17.4. The fourth-order valence-corrected chi connectivity index (χ4v) is 4.86. The predicted octanol–water partition coefficient (Wildman–Crippen LogP) is 3.86. The van der Waals surface area contributed by atoms with Crippen LogP contribution in [0.2, 0.25) is 0 Å². The summed E-state index contributed by atoms with van der Waals surface area (Å²) in [6.07, 6.45) is 5.85. The lowest BCUT2D eigenvalue weighted by Crippen LogP contribution is -2.44. The Bertz CT molecular complexity index is 1240. The first-order valence-corrected chi connectivity index (χ1v) is 11.3. The van der Waals surface area contributed by atoms with Crippen molar-refractivity contribution in [2.75, 3.05) is 43.4 Å². The Morgan fingerprint density at radius 2 is 1.75 bits per heavy atom. The van der Waals surface area contributed by atoms with Gasteiger partial charge in [-0.1, -0.05) is 24.3 Å². The van der Waals surface area contributed by atoms with Crippen molar-refractivity contribution in [2.45, 2.75) is 18.9 Å². The number of fused-ring (bicyclic) bond motifs is 2. The highest BCUT2D eigenvalue weighted by Crippen LogP contribution is 2.35. The first-order valence-electron chi connectivity index (χ1n) is 11.3. The van der Waals surface area contributed by atoms with Gasteiger partial charge in [-0.3, -0.25) is 0 Å². The molecule has 0 bridgehead atoms. The highest BCUT2D eigenvalue weighted by Gasteiger charge is 2.26. The van der Waals surface area contributed by atoms with E-state index >= 15 is 0 Å². The van der Waals surface area contributed by atoms with Gasteiger partial charge in [0.2, 0.25) is 5.95 Å². The molecule has 1 fully saturated rings. The van der Waals surface area contributed by atoms with Crippen LogP contribution in [-0.2, 0) is 6.42 Å². The molecule has 4 aromatic rings. The van der Waals surface area contributed by atoms with Gasteiger partial charge in [-0.05, 0) is 55.3 Å². The molecule has 7 heteroatoms. The molecule has 0 spiro atoms. The Morgan fingerprint density at radius 1 is 0.938 bits per heavy atom. The van der Waals surface area contributed by atoms with E-state index in [2.05, 4.69) is 85.5 Å². The van der Waals surface area contributed by atoms with Crippen LogP contribution in [0.1, 0.15) is 23.6 Å². The SMILES string of the molecule is CN1CCN(c2ccc(Nc3ncc4cnn([C@H]5CCc6ccccc65)c4n3)cc2)CC1. The van der Waals surface area contributed by atoms with Gasteiger partial charge in [0.25, 0.3) is 0 Å². The molecule has 0 amide bonds. The molecule has 1 aliphatic carbocycles. The third kappa shape index (κ3) is 3.48. The molecule has 2 aromatic heterocycles. The summed E-state index contributed by atoms with van der Waals surface area (Å²) in [6.45, 7) is 4.34. The molecule has 1 N–H and O–H groups in total. The van der Waals surface area contributed by atoms with Crippen LogP contribution in [-0.4, -0.2) is 57.9 Å². The second-order valence-corrected chi connectivity index (χ2v) is 8.78. The van der Waals surface area contributed by atoms with E-state index in [1.807, 2.05) is 12.4 Å². The Morgan fingerprint density at radius 3 is 2.59 bits per heavy atom. The summed E-state index contributed by atoms with van der Waals surface area (Å²) >= 11 is 0. The van der Waals surface area contributed by atoms with Crippen LogP contribution in [0, 0.1) is 0 Å². The van der Waals surface area contributed by atoms with E-state index in [9.17, 15) is 0 Å². The first kappa shape index (κ1) is 19.3. The number of benzene rings is 2. The zero-order chi connectivity index (χ0) is 21.5. The number of nitrogens with one attached hydrogen (secondary N) is 1. The Labute approximate surface area is 187 Å². The quantitative estimate of drug-likeness (QED) is 0.536. The van der Waals surface area contributed by atoms with Gasteiger partial charge >= 0.3 is 0 Å². The average Bonchev–Trinajstić information content (AvgIpc) is 3.44. The molecule has 0 unspecified atom stereocenters. The van der Waals surface area contributed by atoms with Gasteiger partial charge in [-0.2, -0.15) is 10.1 Å². The van der Waals surface area contributed by atoms with Crippen molar-refractivity contribution < 1.29 is 0 Å². The Kier molecular flexibility index (Phi) is 4.76. The molecular weight excluding hydrogens is 398 g/mol. The number of hydrogen-bond acceptors (Lipinski definition) is 6. The number of nitrogens with zero attached hydrogens (tertiary/aromatic N) is 6. The smallest absolute Gasteiger partial charge is 0.229 e. The van der Waals surface area contributed by atoms with Crippen molar-refractivity contribution in [1.29, 1.82) is 0 Å².